The molecule has 0 bridgehead atoms. The standard InChI is InChI=1S/C9H18N2/c1-8(2)4-5-11(3)9-6-10-7-9/h4,9-10H,5-7H2,1-3H3. The normalized spacial score (nSPS) is 18.2. The van der Waals surface area contributed by atoms with Crippen molar-refractivity contribution in [2.24, 2.45) is 0 Å². The highest BCUT2D eigenvalue weighted by Crippen LogP contribution is 2.02. The van der Waals surface area contributed by atoms with Crippen molar-refractivity contribution in [1.82, 2.24) is 10.2 Å². The van der Waals surface area contributed by atoms with Crippen molar-refractivity contribution in [1.29, 1.82) is 0 Å². The molecule has 1 rings (SSSR count). The Morgan fingerprint density at radius 2 is 2.18 bits per heavy atom. The van der Waals surface area contributed by atoms with Gasteiger partial charge in [0.2, 0.25) is 0 Å². The molecule has 11 heavy (non-hydrogen) atoms. The first-order valence-corrected chi connectivity index (χ1v) is 4.24. The zero-order valence-corrected chi connectivity index (χ0v) is 7.72. The van der Waals surface area contributed by atoms with Gasteiger partial charge in [-0.3, -0.25) is 4.90 Å². The summed E-state index contributed by atoms with van der Waals surface area (Å²) in [6.07, 6.45) is 2.28. The molecule has 2 nitrogen and oxygen atoms in total. The zero-order chi connectivity index (χ0) is 8.27. The Balaban J connectivity index is 2.19. The van der Waals surface area contributed by atoms with Crippen LogP contribution in [-0.2, 0) is 0 Å². The Hall–Kier alpha value is -0.340. The van der Waals surface area contributed by atoms with Crippen LogP contribution in [0.4, 0.5) is 0 Å². The van der Waals surface area contributed by atoms with E-state index < -0.39 is 0 Å². The smallest absolute Gasteiger partial charge is 0.0345 e. The van der Waals surface area contributed by atoms with E-state index in [0.29, 0.717) is 0 Å². The molecular weight excluding hydrogens is 136 g/mol. The Labute approximate surface area is 69.3 Å². The maximum atomic E-state index is 3.27. The molecule has 2 heteroatoms. The second-order valence-electron chi connectivity index (χ2n) is 3.53. The molecule has 0 aromatic rings. The molecular formula is C9H18N2. The molecule has 0 radical (unpaired) electrons. The molecule has 0 unspecified atom stereocenters. The van der Waals surface area contributed by atoms with Crippen molar-refractivity contribution in [3.63, 3.8) is 0 Å². The molecule has 0 aromatic heterocycles. The molecule has 1 aliphatic heterocycles. The van der Waals surface area contributed by atoms with Gasteiger partial charge in [-0.05, 0) is 20.9 Å². The lowest BCUT2D eigenvalue weighted by Crippen LogP contribution is -2.55. The highest BCUT2D eigenvalue weighted by molar-refractivity contribution is 4.96. The lowest BCUT2D eigenvalue weighted by molar-refractivity contribution is 0.197. The van der Waals surface area contributed by atoms with Crippen LogP contribution < -0.4 is 5.32 Å². The summed E-state index contributed by atoms with van der Waals surface area (Å²) in [5.74, 6) is 0. The second-order valence-corrected chi connectivity index (χ2v) is 3.53. The fourth-order valence-electron chi connectivity index (χ4n) is 1.06. The fraction of sp³-hybridized carbons (Fsp3) is 0.778. The lowest BCUT2D eigenvalue weighted by atomic mass is 10.1. The molecule has 0 atom stereocenters. The summed E-state index contributed by atoms with van der Waals surface area (Å²) in [6, 6.07) is 0.769. The second kappa shape index (κ2) is 3.88. The number of hydrogen-bond donors (Lipinski definition) is 1. The van der Waals surface area contributed by atoms with Gasteiger partial charge in [0.25, 0.3) is 0 Å². The van der Waals surface area contributed by atoms with Gasteiger partial charge < -0.3 is 5.32 Å². The van der Waals surface area contributed by atoms with E-state index in [1.165, 1.54) is 5.57 Å². The van der Waals surface area contributed by atoms with Crippen LogP contribution in [0.3, 0.4) is 0 Å². The van der Waals surface area contributed by atoms with E-state index in [2.05, 4.69) is 37.2 Å². The molecule has 1 heterocycles. The van der Waals surface area contributed by atoms with Gasteiger partial charge in [0, 0.05) is 25.7 Å². The summed E-state index contributed by atoms with van der Waals surface area (Å²) < 4.78 is 0. The van der Waals surface area contributed by atoms with Crippen LogP contribution in [0.15, 0.2) is 11.6 Å². The topological polar surface area (TPSA) is 15.3 Å². The first-order chi connectivity index (χ1) is 5.20. The Kier molecular flexibility index (Phi) is 3.09. The van der Waals surface area contributed by atoms with Crippen LogP contribution in [-0.4, -0.2) is 37.6 Å². The predicted molar refractivity (Wildman–Crippen MR) is 48.7 cm³/mol. The molecule has 0 spiro atoms. The van der Waals surface area contributed by atoms with Gasteiger partial charge >= 0.3 is 0 Å². The van der Waals surface area contributed by atoms with E-state index in [1.807, 2.05) is 0 Å². The number of likely N-dealkylation sites (N-methyl/N-ethyl adjacent to an activating group) is 1. The van der Waals surface area contributed by atoms with Gasteiger partial charge in [0.05, 0.1) is 0 Å². The summed E-state index contributed by atoms with van der Waals surface area (Å²) in [6.45, 7) is 7.70. The number of allylic oxidation sites excluding steroid dienone is 1. The van der Waals surface area contributed by atoms with Crippen molar-refractivity contribution >= 4 is 0 Å². The minimum Gasteiger partial charge on any atom is -0.314 e. The van der Waals surface area contributed by atoms with Gasteiger partial charge in [-0.25, -0.2) is 0 Å². The molecule has 0 aromatic carbocycles. The number of rotatable bonds is 3. The number of nitrogens with one attached hydrogen (secondary N) is 1. The molecule has 0 saturated carbocycles. The molecule has 1 fully saturated rings. The average Bonchev–Trinajstić information content (AvgIpc) is 1.79. The van der Waals surface area contributed by atoms with Crippen molar-refractivity contribution in [3.8, 4) is 0 Å². The Morgan fingerprint density at radius 3 is 2.55 bits per heavy atom. The van der Waals surface area contributed by atoms with E-state index in [9.17, 15) is 0 Å². The summed E-state index contributed by atoms with van der Waals surface area (Å²) in [7, 11) is 2.19. The van der Waals surface area contributed by atoms with E-state index >= 15 is 0 Å². The zero-order valence-electron chi connectivity index (χ0n) is 7.72. The summed E-state index contributed by atoms with van der Waals surface area (Å²) in [5, 5.41) is 3.27. The summed E-state index contributed by atoms with van der Waals surface area (Å²) in [4.78, 5) is 2.39. The third kappa shape index (κ3) is 2.64. The minimum atomic E-state index is 0.769. The maximum Gasteiger partial charge on any atom is 0.0345 e. The monoisotopic (exact) mass is 154 g/mol. The van der Waals surface area contributed by atoms with Crippen molar-refractivity contribution in [2.45, 2.75) is 19.9 Å². The summed E-state index contributed by atoms with van der Waals surface area (Å²) >= 11 is 0. The predicted octanol–water partition coefficient (Wildman–Crippen LogP) is 0.856. The van der Waals surface area contributed by atoms with Crippen LogP contribution in [0, 0.1) is 0 Å². The van der Waals surface area contributed by atoms with E-state index in [4.69, 9.17) is 0 Å². The van der Waals surface area contributed by atoms with E-state index in [0.717, 1.165) is 25.7 Å². The minimum absolute atomic E-state index is 0.769. The highest BCUT2D eigenvalue weighted by atomic mass is 15.2. The van der Waals surface area contributed by atoms with Crippen LogP contribution in [0.1, 0.15) is 13.8 Å². The third-order valence-electron chi connectivity index (χ3n) is 2.17. The maximum absolute atomic E-state index is 3.27. The molecule has 0 aliphatic carbocycles. The van der Waals surface area contributed by atoms with Gasteiger partial charge in [-0.2, -0.15) is 0 Å². The highest BCUT2D eigenvalue weighted by Gasteiger charge is 2.19. The van der Waals surface area contributed by atoms with Crippen molar-refractivity contribution in [3.05, 3.63) is 11.6 Å². The van der Waals surface area contributed by atoms with E-state index in [-0.39, 0.29) is 0 Å². The van der Waals surface area contributed by atoms with Crippen LogP contribution >= 0.6 is 0 Å². The molecule has 1 aliphatic rings. The van der Waals surface area contributed by atoms with Gasteiger partial charge in [0.1, 0.15) is 0 Å². The molecule has 64 valence electrons. The molecule has 0 amide bonds. The first kappa shape index (κ1) is 8.75. The Bertz CT molecular complexity index is 144. The third-order valence-corrected chi connectivity index (χ3v) is 2.17. The number of nitrogens with zero attached hydrogens (tertiary/aromatic N) is 1. The SMILES string of the molecule is CC(C)=CCN(C)C1CNC1. The Morgan fingerprint density at radius 1 is 1.55 bits per heavy atom. The van der Waals surface area contributed by atoms with Crippen molar-refractivity contribution < 1.29 is 0 Å². The largest absolute Gasteiger partial charge is 0.314 e. The van der Waals surface area contributed by atoms with Crippen LogP contribution in [0.5, 0.6) is 0 Å². The molecule has 1 N–H and O–H groups in total. The van der Waals surface area contributed by atoms with Crippen LogP contribution in [0.25, 0.3) is 0 Å². The van der Waals surface area contributed by atoms with Gasteiger partial charge in [0.15, 0.2) is 0 Å². The fourth-order valence-corrected chi connectivity index (χ4v) is 1.06. The lowest BCUT2D eigenvalue weighted by Gasteiger charge is -2.35. The van der Waals surface area contributed by atoms with Crippen LogP contribution in [0.2, 0.25) is 0 Å². The first-order valence-electron chi connectivity index (χ1n) is 4.24. The van der Waals surface area contributed by atoms with Gasteiger partial charge in [-0.15, -0.1) is 0 Å². The summed E-state index contributed by atoms with van der Waals surface area (Å²) in [5.41, 5.74) is 1.41. The van der Waals surface area contributed by atoms with Crippen molar-refractivity contribution in [2.75, 3.05) is 26.7 Å². The number of hydrogen-bond acceptors (Lipinski definition) is 2. The van der Waals surface area contributed by atoms with E-state index in [1.54, 1.807) is 0 Å². The average molecular weight is 154 g/mol. The quantitative estimate of drug-likeness (QED) is 0.606. The molecule has 1 saturated heterocycles. The van der Waals surface area contributed by atoms with Gasteiger partial charge in [-0.1, -0.05) is 11.6 Å².